The molecule has 1 saturated heterocycles. The van der Waals surface area contributed by atoms with Crippen LogP contribution >= 0.6 is 23.5 Å². The van der Waals surface area contributed by atoms with Crippen LogP contribution in [0.1, 0.15) is 58.3 Å². The molecule has 1 N–H and O–H groups in total. The molecule has 0 saturated carbocycles. The van der Waals surface area contributed by atoms with Crippen molar-refractivity contribution in [3.63, 3.8) is 0 Å². The van der Waals surface area contributed by atoms with Gasteiger partial charge in [0.15, 0.2) is 0 Å². The normalized spacial score (nSPS) is 21.7. The molecule has 22 heavy (non-hydrogen) atoms. The molecule has 1 aliphatic rings. The number of carboxylic acid groups (broad SMARTS) is 1. The van der Waals surface area contributed by atoms with E-state index in [1.807, 2.05) is 0 Å². The standard InChI is InChI=1S/C18H32O2S2/c1-2-3-4-9-12-21-14-17-15-22-13-16(17)10-7-5-6-8-11-18(19)20/h5,7,16-17H,2-4,6,8-15H2,1H3,(H,19,20)/t16-,17+/m0/s1. The number of carbonyl (C=O) groups is 1. The van der Waals surface area contributed by atoms with Crippen LogP contribution in [0.4, 0.5) is 0 Å². The number of hydrogen-bond acceptors (Lipinski definition) is 3. The molecule has 0 radical (unpaired) electrons. The van der Waals surface area contributed by atoms with Crippen LogP contribution in [0.5, 0.6) is 0 Å². The van der Waals surface area contributed by atoms with Gasteiger partial charge in [0.25, 0.3) is 0 Å². The summed E-state index contributed by atoms with van der Waals surface area (Å²) in [6, 6.07) is 0. The minimum absolute atomic E-state index is 0.293. The first-order chi connectivity index (χ1) is 10.7. The van der Waals surface area contributed by atoms with Gasteiger partial charge >= 0.3 is 5.97 Å². The van der Waals surface area contributed by atoms with Crippen LogP contribution in [-0.4, -0.2) is 34.1 Å². The lowest BCUT2D eigenvalue weighted by atomic mass is 9.94. The van der Waals surface area contributed by atoms with Crippen molar-refractivity contribution >= 4 is 29.5 Å². The first kappa shape index (κ1) is 20.0. The molecule has 2 atom stereocenters. The van der Waals surface area contributed by atoms with Gasteiger partial charge in [-0.25, -0.2) is 0 Å². The maximum atomic E-state index is 10.4. The average molecular weight is 345 g/mol. The largest absolute Gasteiger partial charge is 0.481 e. The van der Waals surface area contributed by atoms with Crippen molar-refractivity contribution in [1.29, 1.82) is 0 Å². The molecular weight excluding hydrogens is 312 g/mol. The maximum absolute atomic E-state index is 10.4. The van der Waals surface area contributed by atoms with E-state index >= 15 is 0 Å². The van der Waals surface area contributed by atoms with E-state index in [1.165, 1.54) is 55.1 Å². The SMILES string of the molecule is CCCCCCSC[C@@H]1CSC[C@@H]1CC=CCCCC(=O)O. The molecule has 0 spiro atoms. The minimum Gasteiger partial charge on any atom is -0.481 e. The molecule has 1 rings (SSSR count). The summed E-state index contributed by atoms with van der Waals surface area (Å²) < 4.78 is 0. The monoisotopic (exact) mass is 344 g/mol. The molecule has 0 aromatic rings. The quantitative estimate of drug-likeness (QED) is 0.354. The Hall–Kier alpha value is -0.0900. The Balaban J connectivity index is 2.07. The van der Waals surface area contributed by atoms with Gasteiger partial charge in [-0.05, 0) is 60.5 Å². The summed E-state index contributed by atoms with van der Waals surface area (Å²) in [7, 11) is 0. The van der Waals surface area contributed by atoms with Gasteiger partial charge in [0.2, 0.25) is 0 Å². The highest BCUT2D eigenvalue weighted by atomic mass is 32.2. The Labute approximate surface area is 144 Å². The van der Waals surface area contributed by atoms with Crippen molar-refractivity contribution in [2.24, 2.45) is 11.8 Å². The van der Waals surface area contributed by atoms with Crippen LogP contribution in [0, 0.1) is 11.8 Å². The van der Waals surface area contributed by atoms with E-state index in [2.05, 4.69) is 42.6 Å². The zero-order valence-electron chi connectivity index (χ0n) is 14.0. The van der Waals surface area contributed by atoms with Gasteiger partial charge < -0.3 is 5.11 Å². The smallest absolute Gasteiger partial charge is 0.303 e. The van der Waals surface area contributed by atoms with Gasteiger partial charge in [-0.15, -0.1) is 0 Å². The number of rotatable bonds is 13. The third-order valence-corrected chi connectivity index (χ3v) is 6.74. The van der Waals surface area contributed by atoms with Crippen LogP contribution in [0.25, 0.3) is 0 Å². The molecule has 0 unspecified atom stereocenters. The lowest BCUT2D eigenvalue weighted by molar-refractivity contribution is -0.137. The van der Waals surface area contributed by atoms with Crippen molar-refractivity contribution in [3.8, 4) is 0 Å². The molecule has 1 heterocycles. The van der Waals surface area contributed by atoms with Crippen LogP contribution in [0.2, 0.25) is 0 Å². The highest BCUT2D eigenvalue weighted by Gasteiger charge is 2.26. The van der Waals surface area contributed by atoms with Gasteiger partial charge in [-0.3, -0.25) is 4.79 Å². The molecule has 0 aromatic heterocycles. The summed E-state index contributed by atoms with van der Waals surface area (Å²) in [5.74, 6) is 6.33. The van der Waals surface area contributed by atoms with Gasteiger partial charge in [0, 0.05) is 6.42 Å². The molecule has 1 fully saturated rings. The van der Waals surface area contributed by atoms with E-state index in [0.717, 1.165) is 24.7 Å². The van der Waals surface area contributed by atoms with Crippen molar-refractivity contribution < 1.29 is 9.90 Å². The predicted molar refractivity (Wildman–Crippen MR) is 101 cm³/mol. The molecular formula is C18H32O2S2. The summed E-state index contributed by atoms with van der Waals surface area (Å²) in [6.45, 7) is 2.27. The van der Waals surface area contributed by atoms with E-state index in [9.17, 15) is 4.79 Å². The highest BCUT2D eigenvalue weighted by molar-refractivity contribution is 8.00. The van der Waals surface area contributed by atoms with Crippen molar-refractivity contribution in [2.75, 3.05) is 23.0 Å². The lowest BCUT2D eigenvalue weighted by Gasteiger charge is -2.16. The number of allylic oxidation sites excluding steroid dienone is 2. The Bertz CT molecular complexity index is 318. The number of hydrogen-bond donors (Lipinski definition) is 1. The zero-order chi connectivity index (χ0) is 16.0. The second kappa shape index (κ2) is 13.4. The Morgan fingerprint density at radius 2 is 2.00 bits per heavy atom. The van der Waals surface area contributed by atoms with Crippen LogP contribution in [-0.2, 0) is 4.79 Å². The van der Waals surface area contributed by atoms with Gasteiger partial charge in [-0.1, -0.05) is 38.3 Å². The summed E-state index contributed by atoms with van der Waals surface area (Å²) in [6.07, 6.45) is 13.1. The molecule has 0 bridgehead atoms. The fourth-order valence-electron chi connectivity index (χ4n) is 2.71. The third kappa shape index (κ3) is 9.83. The lowest BCUT2D eigenvalue weighted by Crippen LogP contribution is -2.14. The maximum Gasteiger partial charge on any atom is 0.303 e. The summed E-state index contributed by atoms with van der Waals surface area (Å²) in [5.41, 5.74) is 0. The number of aliphatic carboxylic acids is 1. The van der Waals surface area contributed by atoms with Gasteiger partial charge in [0.05, 0.1) is 0 Å². The van der Waals surface area contributed by atoms with Crippen molar-refractivity contribution in [2.45, 2.75) is 58.3 Å². The van der Waals surface area contributed by atoms with Crippen molar-refractivity contribution in [1.82, 2.24) is 0 Å². The van der Waals surface area contributed by atoms with E-state index < -0.39 is 5.97 Å². The molecule has 1 aliphatic heterocycles. The van der Waals surface area contributed by atoms with Crippen LogP contribution < -0.4 is 0 Å². The van der Waals surface area contributed by atoms with Gasteiger partial charge in [0.1, 0.15) is 0 Å². The Kier molecular flexibility index (Phi) is 12.1. The van der Waals surface area contributed by atoms with Crippen LogP contribution in [0.15, 0.2) is 12.2 Å². The fraction of sp³-hybridized carbons (Fsp3) is 0.833. The van der Waals surface area contributed by atoms with E-state index in [1.54, 1.807) is 0 Å². The highest BCUT2D eigenvalue weighted by Crippen LogP contribution is 2.34. The zero-order valence-corrected chi connectivity index (χ0v) is 15.6. The Morgan fingerprint density at radius 3 is 2.77 bits per heavy atom. The first-order valence-corrected chi connectivity index (χ1v) is 11.1. The second-order valence-electron chi connectivity index (χ2n) is 6.19. The summed E-state index contributed by atoms with van der Waals surface area (Å²) >= 11 is 4.26. The fourth-order valence-corrected chi connectivity index (χ4v) is 5.67. The van der Waals surface area contributed by atoms with E-state index in [-0.39, 0.29) is 0 Å². The summed E-state index contributed by atoms with van der Waals surface area (Å²) in [4.78, 5) is 10.4. The Morgan fingerprint density at radius 1 is 1.18 bits per heavy atom. The number of unbranched alkanes of at least 4 members (excludes halogenated alkanes) is 4. The molecule has 4 heteroatoms. The average Bonchev–Trinajstić information content (AvgIpc) is 2.93. The van der Waals surface area contributed by atoms with E-state index in [0.29, 0.717) is 6.42 Å². The molecule has 0 aliphatic carbocycles. The predicted octanol–water partition coefficient (Wildman–Crippen LogP) is 5.48. The third-order valence-electron chi connectivity index (χ3n) is 4.17. The molecule has 0 amide bonds. The van der Waals surface area contributed by atoms with E-state index in [4.69, 9.17) is 5.11 Å². The topological polar surface area (TPSA) is 37.3 Å². The molecule has 0 aromatic carbocycles. The summed E-state index contributed by atoms with van der Waals surface area (Å²) in [5, 5.41) is 8.60. The minimum atomic E-state index is -0.684. The van der Waals surface area contributed by atoms with Crippen LogP contribution in [0.3, 0.4) is 0 Å². The van der Waals surface area contributed by atoms with Crippen molar-refractivity contribution in [3.05, 3.63) is 12.2 Å². The van der Waals surface area contributed by atoms with Gasteiger partial charge in [-0.2, -0.15) is 23.5 Å². The number of thioether (sulfide) groups is 2. The second-order valence-corrected chi connectivity index (χ2v) is 8.41. The molecule has 2 nitrogen and oxygen atoms in total. The number of carboxylic acids is 1. The first-order valence-electron chi connectivity index (χ1n) is 8.76. The molecule has 128 valence electrons.